The molecule has 1 saturated carbocycles. The van der Waals surface area contributed by atoms with Crippen molar-refractivity contribution in [3.8, 4) is 5.75 Å². The number of nitrogens with zero attached hydrogens (tertiary/aromatic N) is 2. The fourth-order valence-corrected chi connectivity index (χ4v) is 7.79. The van der Waals surface area contributed by atoms with Crippen molar-refractivity contribution in [3.05, 3.63) is 70.3 Å². The van der Waals surface area contributed by atoms with Crippen molar-refractivity contribution in [1.29, 1.82) is 0 Å². The van der Waals surface area contributed by atoms with Gasteiger partial charge in [-0.3, -0.25) is 4.79 Å². The van der Waals surface area contributed by atoms with E-state index in [4.69, 9.17) is 21.1 Å². The molecule has 2 aliphatic carbocycles. The quantitative estimate of drug-likeness (QED) is 0.484. The fourth-order valence-electron chi connectivity index (χ4n) is 7.59. The molecule has 4 aliphatic rings. The van der Waals surface area contributed by atoms with Crippen LogP contribution in [-0.4, -0.2) is 74.1 Å². The second kappa shape index (κ2) is 11.8. The van der Waals surface area contributed by atoms with Crippen LogP contribution in [0.3, 0.4) is 0 Å². The lowest BCUT2D eigenvalue weighted by atomic mass is 9.68. The number of fused-ring (bicyclic) bond motifs is 4. The first-order valence-corrected chi connectivity index (χ1v) is 15.7. The van der Waals surface area contributed by atoms with Crippen molar-refractivity contribution < 1.29 is 24.5 Å². The summed E-state index contributed by atoms with van der Waals surface area (Å²) in [6, 6.07) is 11.9. The number of amides is 1. The van der Waals surface area contributed by atoms with Crippen molar-refractivity contribution in [3.63, 3.8) is 0 Å². The molecule has 2 heterocycles. The molecule has 2 bridgehead atoms. The third kappa shape index (κ3) is 5.45. The maximum atomic E-state index is 13.2. The smallest absolute Gasteiger partial charge is 0.225 e. The molecule has 7 nitrogen and oxygen atoms in total. The van der Waals surface area contributed by atoms with Gasteiger partial charge in [-0.15, -0.1) is 0 Å². The maximum Gasteiger partial charge on any atom is 0.225 e. The minimum atomic E-state index is -1.70. The number of anilines is 1. The van der Waals surface area contributed by atoms with Crippen LogP contribution in [0.25, 0.3) is 0 Å². The van der Waals surface area contributed by atoms with Gasteiger partial charge in [0.2, 0.25) is 5.91 Å². The Labute approximate surface area is 254 Å². The van der Waals surface area contributed by atoms with Crippen LogP contribution in [0, 0.1) is 11.8 Å². The van der Waals surface area contributed by atoms with Gasteiger partial charge >= 0.3 is 0 Å². The molecule has 5 atom stereocenters. The van der Waals surface area contributed by atoms with Crippen LogP contribution >= 0.6 is 11.6 Å². The third-order valence-electron chi connectivity index (χ3n) is 10.3. The second-order valence-electron chi connectivity index (χ2n) is 12.9. The van der Waals surface area contributed by atoms with Crippen molar-refractivity contribution >= 4 is 23.2 Å². The Balaban J connectivity index is 1.44. The van der Waals surface area contributed by atoms with Crippen LogP contribution in [0.5, 0.6) is 5.75 Å². The Morgan fingerprint density at radius 1 is 1.19 bits per heavy atom. The van der Waals surface area contributed by atoms with Gasteiger partial charge in [0, 0.05) is 44.2 Å². The fraction of sp³-hybridized carbons (Fsp3) is 0.559. The van der Waals surface area contributed by atoms with E-state index in [1.807, 2.05) is 18.2 Å². The second-order valence-corrected chi connectivity index (χ2v) is 13.3. The first-order chi connectivity index (χ1) is 20.2. The molecule has 2 aromatic rings. The molecule has 8 heteroatoms. The molecule has 2 aliphatic heterocycles. The summed E-state index contributed by atoms with van der Waals surface area (Å²) in [6.07, 6.45) is 10.1. The van der Waals surface area contributed by atoms with Gasteiger partial charge in [0.15, 0.2) is 0 Å². The molecule has 0 radical (unpaired) electrons. The van der Waals surface area contributed by atoms with E-state index in [-0.39, 0.29) is 23.8 Å². The van der Waals surface area contributed by atoms with Gasteiger partial charge in [0.05, 0.1) is 31.4 Å². The van der Waals surface area contributed by atoms with E-state index in [9.17, 15) is 15.0 Å². The van der Waals surface area contributed by atoms with E-state index in [1.54, 1.807) is 25.1 Å². The normalized spacial score (nSPS) is 32.3. The number of hydrogen-bond donors (Lipinski definition) is 2. The Hall–Kier alpha value is -2.58. The number of ether oxygens (including phenoxy) is 2. The zero-order valence-electron chi connectivity index (χ0n) is 24.7. The first-order valence-electron chi connectivity index (χ1n) is 15.3. The highest BCUT2D eigenvalue weighted by Crippen LogP contribution is 2.47. The number of methoxy groups -OCH3 is 1. The number of carbonyl (C=O) groups is 1. The molecule has 0 aromatic heterocycles. The summed E-state index contributed by atoms with van der Waals surface area (Å²) in [5, 5.41) is 22.8. The number of aliphatic hydroxyl groups is 2. The average Bonchev–Trinajstić information content (AvgIpc) is 3.12. The molecule has 226 valence electrons. The van der Waals surface area contributed by atoms with Gasteiger partial charge in [0.1, 0.15) is 11.4 Å². The van der Waals surface area contributed by atoms with Crippen LogP contribution in [0.4, 0.5) is 5.69 Å². The molecule has 6 rings (SSSR count). The highest BCUT2D eigenvalue weighted by Gasteiger charge is 2.45. The van der Waals surface area contributed by atoms with E-state index in [0.717, 1.165) is 61.7 Å². The van der Waals surface area contributed by atoms with Crippen LogP contribution in [-0.2, 0) is 27.0 Å². The van der Waals surface area contributed by atoms with Crippen LogP contribution < -0.4 is 9.64 Å². The molecule has 0 saturated heterocycles. The van der Waals surface area contributed by atoms with E-state index < -0.39 is 12.2 Å². The molecule has 42 heavy (non-hydrogen) atoms. The highest BCUT2D eigenvalue weighted by atomic mass is 35.5. The minimum Gasteiger partial charge on any atom is -0.490 e. The highest BCUT2D eigenvalue weighted by molar-refractivity contribution is 6.30. The number of carbonyl (C=O) groups excluding carboxylic acids is 1. The van der Waals surface area contributed by atoms with Crippen molar-refractivity contribution in [2.24, 2.45) is 11.8 Å². The first kappa shape index (κ1) is 29.5. The number of aryl methyl sites for hydroxylation is 1. The molecular weight excluding hydrogens is 552 g/mol. The topological polar surface area (TPSA) is 82.5 Å². The van der Waals surface area contributed by atoms with Gasteiger partial charge in [-0.2, -0.15) is 0 Å². The van der Waals surface area contributed by atoms with Gasteiger partial charge in [-0.05, 0) is 91.3 Å². The number of rotatable bonds is 2. The molecule has 1 fully saturated rings. The number of aliphatic hydroxyl groups excluding tert-OH is 1. The van der Waals surface area contributed by atoms with E-state index >= 15 is 0 Å². The molecule has 1 spiro atoms. The van der Waals surface area contributed by atoms with Gasteiger partial charge < -0.3 is 29.5 Å². The SMILES string of the molecule is CO[C@H]1/C=C/CCN(C)C(=O)C[C@](O)(CO)c2ccc3c(c2)N(C[C@@H]2CC[C@H]21)C[C@@]1(CCCc2cc(Cl)ccc21)CO3. The molecule has 1 amide bonds. The zero-order chi connectivity index (χ0) is 29.5. The van der Waals surface area contributed by atoms with Gasteiger partial charge in [0.25, 0.3) is 0 Å². The van der Waals surface area contributed by atoms with E-state index in [1.165, 1.54) is 11.1 Å². The monoisotopic (exact) mass is 594 g/mol. The predicted octanol–water partition coefficient (Wildman–Crippen LogP) is 4.84. The van der Waals surface area contributed by atoms with Crippen LogP contribution in [0.2, 0.25) is 5.02 Å². The van der Waals surface area contributed by atoms with E-state index in [2.05, 4.69) is 29.2 Å². The standard InChI is InChI=1S/C34H43ClN2O5/c1-36-15-4-3-7-30(41-2)27-11-8-24(27)19-37-20-33(14-5-6-23-16-26(35)10-12-28(23)33)22-42-31-13-9-25(17-29(31)37)34(40,21-38)18-32(36)39/h3,7,9-10,12-13,16-17,24,27,30,38,40H,4-6,8,11,14-15,18-22H2,1-2H3/b7-3+/t24-,27+,30-,33-,34-/m0/s1. The molecule has 2 aromatic carbocycles. The summed E-state index contributed by atoms with van der Waals surface area (Å²) in [5.74, 6) is 1.39. The lowest BCUT2D eigenvalue weighted by Crippen LogP contribution is -2.49. The third-order valence-corrected chi connectivity index (χ3v) is 10.5. The Bertz CT molecular complexity index is 1350. The predicted molar refractivity (Wildman–Crippen MR) is 164 cm³/mol. The summed E-state index contributed by atoms with van der Waals surface area (Å²) < 4.78 is 12.6. The van der Waals surface area contributed by atoms with Crippen LogP contribution in [0.1, 0.15) is 55.2 Å². The number of hydrogen-bond acceptors (Lipinski definition) is 6. The van der Waals surface area contributed by atoms with Crippen LogP contribution in [0.15, 0.2) is 48.6 Å². The summed E-state index contributed by atoms with van der Waals surface area (Å²) in [6.45, 7) is 2.14. The lowest BCUT2D eigenvalue weighted by molar-refractivity contribution is -0.137. The largest absolute Gasteiger partial charge is 0.490 e. The molecule has 2 N–H and O–H groups in total. The molecular formula is C34H43ClN2O5. The van der Waals surface area contributed by atoms with Crippen molar-refractivity contribution in [2.45, 2.75) is 62.1 Å². The Morgan fingerprint density at radius 2 is 2.05 bits per heavy atom. The molecule has 0 unspecified atom stereocenters. The van der Waals surface area contributed by atoms with E-state index in [0.29, 0.717) is 37.0 Å². The zero-order valence-corrected chi connectivity index (χ0v) is 25.5. The number of halogens is 1. The summed E-state index contributed by atoms with van der Waals surface area (Å²) in [4.78, 5) is 17.2. The van der Waals surface area contributed by atoms with Gasteiger partial charge in [-0.25, -0.2) is 0 Å². The van der Waals surface area contributed by atoms with Gasteiger partial charge in [-0.1, -0.05) is 35.9 Å². The summed E-state index contributed by atoms with van der Waals surface area (Å²) >= 11 is 6.42. The van der Waals surface area contributed by atoms with Crippen molar-refractivity contribution in [2.75, 3.05) is 51.9 Å². The summed E-state index contributed by atoms with van der Waals surface area (Å²) in [7, 11) is 3.53. The average molecular weight is 595 g/mol. The number of benzene rings is 2. The lowest BCUT2D eigenvalue weighted by Gasteiger charge is -2.46. The Morgan fingerprint density at radius 3 is 2.81 bits per heavy atom. The van der Waals surface area contributed by atoms with Crippen molar-refractivity contribution in [1.82, 2.24) is 4.90 Å². The Kier molecular flexibility index (Phi) is 8.31. The minimum absolute atomic E-state index is 0.0256. The summed E-state index contributed by atoms with van der Waals surface area (Å²) in [5.41, 5.74) is 2.13. The maximum absolute atomic E-state index is 13.2.